The molecule has 3 fully saturated rings. The summed E-state index contributed by atoms with van der Waals surface area (Å²) in [5, 5.41) is 3.79. The number of ether oxygens (including phenoxy) is 3. The Hall–Kier alpha value is -2.43. The van der Waals surface area contributed by atoms with Gasteiger partial charge in [-0.25, -0.2) is 14.8 Å². The van der Waals surface area contributed by atoms with Gasteiger partial charge in [-0.3, -0.25) is 4.90 Å². The van der Waals surface area contributed by atoms with Gasteiger partial charge in [0, 0.05) is 31.2 Å². The Balaban J connectivity index is 1.26. The number of hydrogen-bond donors (Lipinski definition) is 2. The summed E-state index contributed by atoms with van der Waals surface area (Å²) in [7, 11) is 0. The molecule has 10 nitrogen and oxygen atoms in total. The van der Waals surface area contributed by atoms with Gasteiger partial charge in [0.15, 0.2) is 5.79 Å². The Bertz CT molecular complexity index is 1100. The van der Waals surface area contributed by atoms with Crippen molar-refractivity contribution in [2.24, 2.45) is 5.92 Å². The second-order valence-corrected chi connectivity index (χ2v) is 11.9. The van der Waals surface area contributed by atoms with Crippen LogP contribution in [0.25, 0.3) is 11.0 Å². The summed E-state index contributed by atoms with van der Waals surface area (Å²) in [6.45, 7) is 12.2. The summed E-state index contributed by atoms with van der Waals surface area (Å²) in [5.41, 5.74) is 6.45. The molecule has 0 unspecified atom stereocenters. The summed E-state index contributed by atoms with van der Waals surface area (Å²) in [6, 6.07) is 2.54. The standard InChI is InChI=1S/C26H40N6O4/c1-25(2,3)36-24(33)28-10-8-17-7-6-11-31(17)14-16-13-19(21-20(16)34-26(4,5)35-21)32-12-9-18-22(27)29-15-30-23(18)32/h9,12,15-17,19-21H,6-8,10-11,13-14H2,1-5H3,(H,28,33)(H2,27,29,30)/t16-,17+,19-,20-,21+/m1/s1. The van der Waals surface area contributed by atoms with Gasteiger partial charge in [0.1, 0.15) is 29.5 Å². The molecule has 36 heavy (non-hydrogen) atoms. The van der Waals surface area contributed by atoms with Crippen LogP contribution in [0.1, 0.15) is 66.3 Å². The van der Waals surface area contributed by atoms with Gasteiger partial charge in [-0.05, 0) is 72.9 Å². The second-order valence-electron chi connectivity index (χ2n) is 11.9. The number of likely N-dealkylation sites (tertiary alicyclic amines) is 1. The van der Waals surface area contributed by atoms with Crippen molar-refractivity contribution in [1.29, 1.82) is 0 Å². The van der Waals surface area contributed by atoms with Crippen LogP contribution >= 0.6 is 0 Å². The highest BCUT2D eigenvalue weighted by atomic mass is 16.8. The maximum Gasteiger partial charge on any atom is 0.407 e. The molecule has 0 radical (unpaired) electrons. The summed E-state index contributed by atoms with van der Waals surface area (Å²) < 4.78 is 20.5. The van der Waals surface area contributed by atoms with Crippen molar-refractivity contribution < 1.29 is 19.0 Å². The van der Waals surface area contributed by atoms with Gasteiger partial charge in [0.05, 0.1) is 17.5 Å². The molecule has 1 saturated carbocycles. The van der Waals surface area contributed by atoms with Gasteiger partial charge in [0.2, 0.25) is 0 Å². The van der Waals surface area contributed by atoms with Crippen molar-refractivity contribution in [1.82, 2.24) is 24.8 Å². The number of nitrogen functional groups attached to an aromatic ring is 1. The van der Waals surface area contributed by atoms with Crippen molar-refractivity contribution in [2.45, 2.75) is 96.0 Å². The van der Waals surface area contributed by atoms with Crippen LogP contribution in [0.4, 0.5) is 10.6 Å². The summed E-state index contributed by atoms with van der Waals surface area (Å²) in [4.78, 5) is 23.3. The first-order valence-corrected chi connectivity index (χ1v) is 13.1. The van der Waals surface area contributed by atoms with E-state index in [9.17, 15) is 4.79 Å². The van der Waals surface area contributed by atoms with Crippen LogP contribution in [0.5, 0.6) is 0 Å². The van der Waals surface area contributed by atoms with Crippen LogP contribution in [-0.4, -0.2) is 74.8 Å². The van der Waals surface area contributed by atoms with Gasteiger partial charge < -0.3 is 29.8 Å². The second kappa shape index (κ2) is 9.46. The van der Waals surface area contributed by atoms with Gasteiger partial charge >= 0.3 is 6.09 Å². The number of anilines is 1. The number of carbonyl (C=O) groups is 1. The van der Waals surface area contributed by atoms with E-state index in [1.807, 2.05) is 40.7 Å². The van der Waals surface area contributed by atoms with Gasteiger partial charge in [0.25, 0.3) is 0 Å². The molecule has 2 aromatic heterocycles. The van der Waals surface area contributed by atoms with E-state index in [4.69, 9.17) is 19.9 Å². The van der Waals surface area contributed by atoms with Crippen LogP contribution in [0.15, 0.2) is 18.6 Å². The van der Waals surface area contributed by atoms with Crippen LogP contribution < -0.4 is 11.1 Å². The van der Waals surface area contributed by atoms with Crippen LogP contribution in [0, 0.1) is 5.92 Å². The number of alkyl carbamates (subject to hydrolysis) is 1. The van der Waals surface area contributed by atoms with E-state index in [0.717, 1.165) is 43.4 Å². The molecule has 1 aliphatic carbocycles. The first kappa shape index (κ1) is 25.2. The number of hydrogen-bond acceptors (Lipinski definition) is 8. The minimum atomic E-state index is -0.620. The van der Waals surface area contributed by atoms with E-state index in [1.165, 1.54) is 12.7 Å². The lowest BCUT2D eigenvalue weighted by Gasteiger charge is -2.30. The Morgan fingerprint density at radius 3 is 2.83 bits per heavy atom. The zero-order valence-corrected chi connectivity index (χ0v) is 22.1. The first-order chi connectivity index (χ1) is 17.0. The Labute approximate surface area is 212 Å². The third-order valence-electron chi connectivity index (χ3n) is 7.56. The maximum atomic E-state index is 12.0. The van der Waals surface area contributed by atoms with Crippen LogP contribution in [0.3, 0.4) is 0 Å². The average molecular weight is 501 g/mol. The summed E-state index contributed by atoms with van der Waals surface area (Å²) >= 11 is 0. The van der Waals surface area contributed by atoms with E-state index in [0.29, 0.717) is 24.3 Å². The lowest BCUT2D eigenvalue weighted by atomic mass is 10.0. The fourth-order valence-electron chi connectivity index (χ4n) is 6.18. The monoisotopic (exact) mass is 500 g/mol. The third-order valence-corrected chi connectivity index (χ3v) is 7.56. The molecule has 198 valence electrons. The first-order valence-electron chi connectivity index (χ1n) is 13.1. The van der Waals surface area contributed by atoms with Gasteiger partial charge in [-0.2, -0.15) is 0 Å². The highest BCUT2D eigenvalue weighted by molar-refractivity contribution is 5.86. The molecule has 2 aliphatic heterocycles. The summed E-state index contributed by atoms with van der Waals surface area (Å²) in [6.07, 6.45) is 7.35. The normalized spacial score (nSPS) is 30.1. The number of amides is 1. The number of nitrogens with one attached hydrogen (secondary N) is 1. The lowest BCUT2D eigenvalue weighted by molar-refractivity contribution is -0.161. The minimum Gasteiger partial charge on any atom is -0.444 e. The third kappa shape index (κ3) is 5.17. The highest BCUT2D eigenvalue weighted by Crippen LogP contribution is 2.48. The van der Waals surface area contributed by atoms with Crippen molar-refractivity contribution in [2.75, 3.05) is 25.4 Å². The van der Waals surface area contributed by atoms with Gasteiger partial charge in [-0.15, -0.1) is 0 Å². The topological polar surface area (TPSA) is 117 Å². The molecular weight excluding hydrogens is 460 g/mol. The van der Waals surface area contributed by atoms with Gasteiger partial charge in [-0.1, -0.05) is 0 Å². The van der Waals surface area contributed by atoms with Crippen LogP contribution in [0.2, 0.25) is 0 Å². The van der Waals surface area contributed by atoms with E-state index < -0.39 is 11.4 Å². The zero-order chi connectivity index (χ0) is 25.7. The molecule has 2 saturated heterocycles. The van der Waals surface area contributed by atoms with E-state index in [2.05, 4.69) is 30.9 Å². The number of fused-ring (bicyclic) bond motifs is 2. The molecule has 5 rings (SSSR count). The predicted octanol–water partition coefficient (Wildman–Crippen LogP) is 3.47. The highest BCUT2D eigenvalue weighted by Gasteiger charge is 2.55. The lowest BCUT2D eigenvalue weighted by Crippen LogP contribution is -2.40. The number of aromatic nitrogens is 3. The van der Waals surface area contributed by atoms with E-state index >= 15 is 0 Å². The minimum absolute atomic E-state index is 0.0165. The molecule has 4 heterocycles. The molecule has 2 aromatic rings. The predicted molar refractivity (Wildman–Crippen MR) is 136 cm³/mol. The maximum absolute atomic E-state index is 12.0. The Morgan fingerprint density at radius 2 is 2.06 bits per heavy atom. The molecule has 5 atom stereocenters. The molecule has 0 aromatic carbocycles. The smallest absolute Gasteiger partial charge is 0.407 e. The molecule has 0 bridgehead atoms. The van der Waals surface area contributed by atoms with E-state index in [1.54, 1.807) is 0 Å². The zero-order valence-electron chi connectivity index (χ0n) is 22.1. The molecule has 10 heteroatoms. The molecule has 3 aliphatic rings. The fraction of sp³-hybridized carbons (Fsp3) is 0.731. The van der Waals surface area contributed by atoms with Crippen LogP contribution in [-0.2, 0) is 14.2 Å². The Morgan fingerprint density at radius 1 is 1.28 bits per heavy atom. The number of nitrogens with two attached hydrogens (primary N) is 1. The molecular formula is C26H40N6O4. The average Bonchev–Trinajstić information content (AvgIpc) is 3.52. The molecule has 0 spiro atoms. The molecule has 3 N–H and O–H groups in total. The number of carbonyl (C=O) groups excluding carboxylic acids is 1. The van der Waals surface area contributed by atoms with Crippen molar-refractivity contribution in [3.8, 4) is 0 Å². The van der Waals surface area contributed by atoms with Crippen molar-refractivity contribution >= 4 is 22.9 Å². The SMILES string of the molecule is CC(C)(C)OC(=O)NCC[C@@H]1CCCN1C[C@H]1C[C@@H](n2ccc3c(N)ncnc32)[C@@H]2OC(C)(C)O[C@H]12. The largest absolute Gasteiger partial charge is 0.444 e. The molecule has 1 amide bonds. The Kier molecular flexibility index (Phi) is 6.63. The van der Waals surface area contributed by atoms with Crippen molar-refractivity contribution in [3.63, 3.8) is 0 Å². The van der Waals surface area contributed by atoms with E-state index in [-0.39, 0.29) is 24.3 Å². The summed E-state index contributed by atoms with van der Waals surface area (Å²) in [5.74, 6) is 0.205. The number of rotatable bonds is 6. The number of nitrogens with zero attached hydrogens (tertiary/aromatic N) is 4. The van der Waals surface area contributed by atoms with Crippen molar-refractivity contribution in [3.05, 3.63) is 18.6 Å². The quantitative estimate of drug-likeness (QED) is 0.619. The fourth-order valence-corrected chi connectivity index (χ4v) is 6.18.